The van der Waals surface area contributed by atoms with Crippen LogP contribution in [0, 0.1) is 5.82 Å². The lowest BCUT2D eigenvalue weighted by Crippen LogP contribution is -2.03. The number of pyridine rings is 1. The highest BCUT2D eigenvalue weighted by Gasteiger charge is 2.11. The number of thiophene rings is 1. The first-order valence-corrected chi connectivity index (χ1v) is 7.57. The molecule has 0 saturated carbocycles. The van der Waals surface area contributed by atoms with Crippen molar-refractivity contribution in [1.82, 2.24) is 4.98 Å². The standard InChI is InChI=1S/C14H11BrFN3S/c15-12-4-3-8(20-12)7-19-14-10(16)6-11(17)9-2-1-5-18-13(9)14/h1-6,19H,7,17H2. The Kier molecular flexibility index (Phi) is 3.58. The zero-order chi connectivity index (χ0) is 14.1. The fourth-order valence-corrected chi connectivity index (χ4v) is 3.45. The van der Waals surface area contributed by atoms with Gasteiger partial charge in [-0.2, -0.15) is 0 Å². The molecule has 3 rings (SSSR count). The molecule has 3 nitrogen and oxygen atoms in total. The van der Waals surface area contributed by atoms with Crippen LogP contribution in [0.15, 0.2) is 40.3 Å². The van der Waals surface area contributed by atoms with E-state index in [2.05, 4.69) is 26.2 Å². The Hall–Kier alpha value is -1.66. The number of benzene rings is 1. The first kappa shape index (κ1) is 13.3. The second kappa shape index (κ2) is 5.38. The van der Waals surface area contributed by atoms with E-state index < -0.39 is 0 Å². The van der Waals surface area contributed by atoms with E-state index in [1.54, 1.807) is 23.6 Å². The van der Waals surface area contributed by atoms with Gasteiger partial charge in [0, 0.05) is 28.7 Å². The van der Waals surface area contributed by atoms with Crippen molar-refractivity contribution in [2.75, 3.05) is 11.1 Å². The van der Waals surface area contributed by atoms with Crippen molar-refractivity contribution < 1.29 is 4.39 Å². The third-order valence-electron chi connectivity index (χ3n) is 2.94. The molecule has 0 fully saturated rings. The topological polar surface area (TPSA) is 50.9 Å². The molecule has 0 saturated heterocycles. The van der Waals surface area contributed by atoms with Crippen molar-refractivity contribution in [2.24, 2.45) is 0 Å². The maximum absolute atomic E-state index is 14.1. The molecule has 1 aromatic carbocycles. The minimum absolute atomic E-state index is 0.385. The second-order valence-corrected chi connectivity index (χ2v) is 6.83. The highest BCUT2D eigenvalue weighted by atomic mass is 79.9. The summed E-state index contributed by atoms with van der Waals surface area (Å²) in [5, 5.41) is 3.86. The molecule has 2 aromatic heterocycles. The number of fused-ring (bicyclic) bond motifs is 1. The minimum atomic E-state index is -0.385. The van der Waals surface area contributed by atoms with Crippen molar-refractivity contribution in [3.05, 3.63) is 51.0 Å². The Labute approximate surface area is 127 Å². The molecular weight excluding hydrogens is 341 g/mol. The molecule has 0 radical (unpaired) electrons. The van der Waals surface area contributed by atoms with Crippen molar-refractivity contribution in [3.8, 4) is 0 Å². The number of aromatic nitrogens is 1. The first-order chi connectivity index (χ1) is 9.65. The van der Waals surface area contributed by atoms with Crippen molar-refractivity contribution in [3.63, 3.8) is 0 Å². The number of nitrogen functional groups attached to an aromatic ring is 1. The van der Waals surface area contributed by atoms with Gasteiger partial charge in [-0.15, -0.1) is 11.3 Å². The predicted molar refractivity (Wildman–Crippen MR) is 85.5 cm³/mol. The molecule has 0 atom stereocenters. The van der Waals surface area contributed by atoms with Crippen LogP contribution in [-0.4, -0.2) is 4.98 Å². The van der Waals surface area contributed by atoms with E-state index in [0.29, 0.717) is 23.4 Å². The smallest absolute Gasteiger partial charge is 0.150 e. The van der Waals surface area contributed by atoms with Crippen LogP contribution in [0.2, 0.25) is 0 Å². The number of rotatable bonds is 3. The molecule has 0 spiro atoms. The number of anilines is 2. The summed E-state index contributed by atoms with van der Waals surface area (Å²) in [6.45, 7) is 0.544. The summed E-state index contributed by atoms with van der Waals surface area (Å²) < 4.78 is 15.2. The van der Waals surface area contributed by atoms with Crippen LogP contribution in [0.4, 0.5) is 15.8 Å². The van der Waals surface area contributed by atoms with Crippen LogP contribution in [0.1, 0.15) is 4.88 Å². The Balaban J connectivity index is 1.98. The van der Waals surface area contributed by atoms with E-state index in [9.17, 15) is 4.39 Å². The third-order valence-corrected chi connectivity index (χ3v) is 4.57. The van der Waals surface area contributed by atoms with E-state index in [0.717, 1.165) is 14.0 Å². The normalized spacial score (nSPS) is 10.9. The number of nitrogens with zero attached hydrogens (tertiary/aromatic N) is 1. The van der Waals surface area contributed by atoms with Crippen molar-refractivity contribution in [1.29, 1.82) is 0 Å². The molecular formula is C14H11BrFN3S. The number of hydrogen-bond acceptors (Lipinski definition) is 4. The van der Waals surface area contributed by atoms with Gasteiger partial charge in [-0.05, 0) is 46.3 Å². The molecule has 0 unspecified atom stereocenters. The monoisotopic (exact) mass is 351 g/mol. The summed E-state index contributed by atoms with van der Waals surface area (Å²) in [6.07, 6.45) is 1.63. The largest absolute Gasteiger partial charge is 0.398 e. The molecule has 0 aliphatic heterocycles. The molecule has 6 heteroatoms. The Morgan fingerprint density at radius 1 is 1.35 bits per heavy atom. The van der Waals surface area contributed by atoms with Crippen LogP contribution in [0.25, 0.3) is 10.9 Å². The van der Waals surface area contributed by atoms with Gasteiger partial charge in [-0.25, -0.2) is 4.39 Å². The average molecular weight is 352 g/mol. The van der Waals surface area contributed by atoms with Gasteiger partial charge in [0.15, 0.2) is 5.82 Å². The summed E-state index contributed by atoms with van der Waals surface area (Å²) in [5.41, 5.74) is 7.17. The molecule has 0 bridgehead atoms. The van der Waals surface area contributed by atoms with Crippen LogP contribution in [-0.2, 0) is 6.54 Å². The fraction of sp³-hybridized carbons (Fsp3) is 0.0714. The lowest BCUT2D eigenvalue weighted by molar-refractivity contribution is 0.632. The van der Waals surface area contributed by atoms with Crippen LogP contribution in [0.3, 0.4) is 0 Å². The zero-order valence-electron chi connectivity index (χ0n) is 10.4. The SMILES string of the molecule is Nc1cc(F)c(NCc2ccc(Br)s2)c2ncccc12. The van der Waals surface area contributed by atoms with E-state index in [1.165, 1.54) is 6.07 Å². The van der Waals surface area contributed by atoms with Gasteiger partial charge in [-0.3, -0.25) is 4.98 Å². The quantitative estimate of drug-likeness (QED) is 0.688. The van der Waals surface area contributed by atoms with E-state index >= 15 is 0 Å². The molecule has 2 heterocycles. The Morgan fingerprint density at radius 2 is 2.20 bits per heavy atom. The Bertz CT molecular complexity index is 772. The summed E-state index contributed by atoms with van der Waals surface area (Å²) in [6, 6.07) is 8.92. The predicted octanol–water partition coefficient (Wildman–Crippen LogP) is 4.39. The second-order valence-electron chi connectivity index (χ2n) is 4.28. The number of nitrogens with one attached hydrogen (secondary N) is 1. The van der Waals surface area contributed by atoms with Gasteiger partial charge in [0.1, 0.15) is 0 Å². The van der Waals surface area contributed by atoms with Crippen molar-refractivity contribution in [2.45, 2.75) is 6.54 Å². The summed E-state index contributed by atoms with van der Waals surface area (Å²) in [4.78, 5) is 5.34. The third kappa shape index (κ3) is 2.48. The maximum atomic E-state index is 14.1. The number of nitrogens with two attached hydrogens (primary N) is 1. The number of halogens is 2. The molecule has 0 aliphatic rings. The van der Waals surface area contributed by atoms with Gasteiger partial charge < -0.3 is 11.1 Å². The van der Waals surface area contributed by atoms with Gasteiger partial charge in [0.2, 0.25) is 0 Å². The lowest BCUT2D eigenvalue weighted by Gasteiger charge is -2.11. The van der Waals surface area contributed by atoms with Crippen LogP contribution < -0.4 is 11.1 Å². The zero-order valence-corrected chi connectivity index (χ0v) is 12.8. The van der Waals surface area contributed by atoms with Crippen molar-refractivity contribution >= 4 is 49.5 Å². The first-order valence-electron chi connectivity index (χ1n) is 5.96. The maximum Gasteiger partial charge on any atom is 0.150 e. The Morgan fingerprint density at radius 3 is 2.95 bits per heavy atom. The minimum Gasteiger partial charge on any atom is -0.398 e. The van der Waals surface area contributed by atoms with E-state index in [1.807, 2.05) is 18.2 Å². The van der Waals surface area contributed by atoms with Crippen LogP contribution in [0.5, 0.6) is 0 Å². The summed E-state index contributed by atoms with van der Waals surface area (Å²) in [5.74, 6) is -0.385. The van der Waals surface area contributed by atoms with Gasteiger partial charge in [0.25, 0.3) is 0 Å². The summed E-state index contributed by atoms with van der Waals surface area (Å²) in [7, 11) is 0. The highest BCUT2D eigenvalue weighted by molar-refractivity contribution is 9.11. The average Bonchev–Trinajstić information content (AvgIpc) is 2.84. The number of hydrogen-bond donors (Lipinski definition) is 2. The molecule has 0 amide bonds. The van der Waals surface area contributed by atoms with Crippen LogP contribution >= 0.6 is 27.3 Å². The van der Waals surface area contributed by atoms with E-state index in [-0.39, 0.29) is 5.82 Å². The van der Waals surface area contributed by atoms with Gasteiger partial charge in [-0.1, -0.05) is 0 Å². The molecule has 3 aromatic rings. The van der Waals surface area contributed by atoms with Gasteiger partial charge in [0.05, 0.1) is 15.0 Å². The molecule has 20 heavy (non-hydrogen) atoms. The highest BCUT2D eigenvalue weighted by Crippen LogP contribution is 2.30. The summed E-state index contributed by atoms with van der Waals surface area (Å²) >= 11 is 5.02. The van der Waals surface area contributed by atoms with Gasteiger partial charge >= 0.3 is 0 Å². The fourth-order valence-electron chi connectivity index (χ4n) is 2.03. The molecule has 0 aliphatic carbocycles. The van der Waals surface area contributed by atoms with E-state index in [4.69, 9.17) is 5.73 Å². The molecule has 102 valence electrons. The molecule has 3 N–H and O–H groups in total. The lowest BCUT2D eigenvalue weighted by atomic mass is 10.1.